The van der Waals surface area contributed by atoms with Crippen LogP contribution in [0.1, 0.15) is 22.2 Å². The highest BCUT2D eigenvalue weighted by Crippen LogP contribution is 2.34. The molecule has 0 spiro atoms. The number of ether oxygens (including phenoxy) is 2. The van der Waals surface area contributed by atoms with Crippen LogP contribution in [0.15, 0.2) is 53.6 Å². The maximum absolute atomic E-state index is 12.5. The molecule has 1 amide bonds. The number of halogens is 1. The molecule has 1 aliphatic rings. The molecule has 8 heteroatoms. The molecule has 4 rings (SSSR count). The van der Waals surface area contributed by atoms with Gasteiger partial charge in [0, 0.05) is 15.5 Å². The van der Waals surface area contributed by atoms with Crippen molar-refractivity contribution in [3.05, 3.63) is 64.0 Å². The van der Waals surface area contributed by atoms with E-state index in [1.807, 2.05) is 30.3 Å². The number of nitrogen functional groups attached to an aromatic ring is 1. The van der Waals surface area contributed by atoms with Gasteiger partial charge in [0.1, 0.15) is 4.88 Å². The molecule has 0 atom stereocenters. The molecular formula is C20H16ClN3O3S. The predicted octanol–water partition coefficient (Wildman–Crippen LogP) is 4.53. The van der Waals surface area contributed by atoms with E-state index < -0.39 is 0 Å². The number of nitrogens with zero attached hydrogens (tertiary/aromatic N) is 1. The van der Waals surface area contributed by atoms with Gasteiger partial charge in [0.2, 0.25) is 6.79 Å². The van der Waals surface area contributed by atoms with Gasteiger partial charge in [0.15, 0.2) is 11.5 Å². The first-order valence-electron chi connectivity index (χ1n) is 8.41. The van der Waals surface area contributed by atoms with Crippen molar-refractivity contribution in [1.82, 2.24) is 5.43 Å². The quantitative estimate of drug-likeness (QED) is 0.486. The zero-order valence-corrected chi connectivity index (χ0v) is 16.4. The van der Waals surface area contributed by atoms with Gasteiger partial charge in [0.25, 0.3) is 5.91 Å². The fourth-order valence-electron chi connectivity index (χ4n) is 2.71. The molecule has 2 aromatic carbocycles. The number of rotatable bonds is 4. The van der Waals surface area contributed by atoms with E-state index in [2.05, 4.69) is 10.5 Å². The number of benzene rings is 2. The fourth-order valence-corrected chi connectivity index (χ4v) is 3.81. The van der Waals surface area contributed by atoms with Crippen molar-refractivity contribution in [1.29, 1.82) is 0 Å². The largest absolute Gasteiger partial charge is 0.454 e. The molecule has 2 heterocycles. The third-order valence-electron chi connectivity index (χ3n) is 4.21. The van der Waals surface area contributed by atoms with E-state index in [1.54, 1.807) is 25.1 Å². The summed E-state index contributed by atoms with van der Waals surface area (Å²) in [5.74, 6) is 0.998. The molecule has 0 unspecified atom stereocenters. The Morgan fingerprint density at radius 2 is 1.89 bits per heavy atom. The summed E-state index contributed by atoms with van der Waals surface area (Å²) in [7, 11) is 0. The predicted molar refractivity (Wildman–Crippen MR) is 111 cm³/mol. The normalized spacial score (nSPS) is 12.9. The van der Waals surface area contributed by atoms with Gasteiger partial charge in [-0.1, -0.05) is 23.7 Å². The molecule has 3 N–H and O–H groups in total. The lowest BCUT2D eigenvalue weighted by Crippen LogP contribution is -2.19. The fraction of sp³-hybridized carbons (Fsp3) is 0.100. The van der Waals surface area contributed by atoms with Crippen LogP contribution in [0.3, 0.4) is 0 Å². The average Bonchev–Trinajstić information content (AvgIpc) is 3.32. The molecule has 142 valence electrons. The minimum absolute atomic E-state index is 0.208. The van der Waals surface area contributed by atoms with Crippen LogP contribution < -0.4 is 20.6 Å². The summed E-state index contributed by atoms with van der Waals surface area (Å²) in [6.45, 7) is 2.01. The number of hydrogen-bond donors (Lipinski definition) is 2. The number of amides is 1. The van der Waals surface area contributed by atoms with Crippen molar-refractivity contribution < 1.29 is 14.3 Å². The molecule has 3 aromatic rings. The van der Waals surface area contributed by atoms with Gasteiger partial charge >= 0.3 is 0 Å². The Balaban J connectivity index is 1.50. The van der Waals surface area contributed by atoms with Crippen molar-refractivity contribution in [3.8, 4) is 21.9 Å². The third kappa shape index (κ3) is 3.67. The second kappa shape index (κ2) is 7.53. The zero-order valence-electron chi connectivity index (χ0n) is 14.9. The first-order valence-corrected chi connectivity index (χ1v) is 9.60. The summed E-state index contributed by atoms with van der Waals surface area (Å²) in [6, 6.07) is 14.6. The van der Waals surface area contributed by atoms with E-state index in [0.29, 0.717) is 32.8 Å². The number of anilines is 1. The third-order valence-corrected chi connectivity index (χ3v) is 5.66. The monoisotopic (exact) mass is 413 g/mol. The Morgan fingerprint density at radius 3 is 2.68 bits per heavy atom. The Bertz CT molecular complexity index is 1080. The van der Waals surface area contributed by atoms with Gasteiger partial charge < -0.3 is 15.2 Å². The lowest BCUT2D eigenvalue weighted by Gasteiger charge is -2.04. The standard InChI is InChI=1S/C20H16ClN3O3S/c1-11(13-4-7-16-17(8-13)27-10-26-16)23-24-20(25)19-15(22)9-18(28-19)12-2-5-14(21)6-3-12/h2-9H,10,22H2,1H3,(H,24,25)/b23-11+. The highest BCUT2D eigenvalue weighted by atomic mass is 35.5. The maximum Gasteiger partial charge on any atom is 0.283 e. The smallest absolute Gasteiger partial charge is 0.283 e. The lowest BCUT2D eigenvalue weighted by molar-refractivity contribution is 0.0959. The van der Waals surface area contributed by atoms with E-state index in [4.69, 9.17) is 26.8 Å². The molecule has 0 fully saturated rings. The summed E-state index contributed by atoms with van der Waals surface area (Å²) >= 11 is 7.23. The molecule has 0 aliphatic carbocycles. The summed E-state index contributed by atoms with van der Waals surface area (Å²) in [4.78, 5) is 13.8. The van der Waals surface area contributed by atoms with Gasteiger partial charge in [-0.3, -0.25) is 4.79 Å². The highest BCUT2D eigenvalue weighted by molar-refractivity contribution is 7.18. The van der Waals surface area contributed by atoms with E-state index in [1.165, 1.54) is 11.3 Å². The van der Waals surface area contributed by atoms with Gasteiger partial charge in [-0.05, 0) is 48.9 Å². The van der Waals surface area contributed by atoms with Gasteiger partial charge in [0.05, 0.1) is 11.4 Å². The maximum atomic E-state index is 12.5. The number of hydrazone groups is 1. The van der Waals surface area contributed by atoms with Crippen molar-refractivity contribution in [2.75, 3.05) is 12.5 Å². The van der Waals surface area contributed by atoms with Crippen LogP contribution in [0.4, 0.5) is 5.69 Å². The van der Waals surface area contributed by atoms with Crippen LogP contribution in [0.2, 0.25) is 5.02 Å². The first kappa shape index (κ1) is 18.3. The Labute approximate surface area is 170 Å². The minimum Gasteiger partial charge on any atom is -0.454 e. The van der Waals surface area contributed by atoms with E-state index in [0.717, 1.165) is 16.0 Å². The van der Waals surface area contributed by atoms with Crippen LogP contribution in [-0.4, -0.2) is 18.4 Å². The Morgan fingerprint density at radius 1 is 1.14 bits per heavy atom. The summed E-state index contributed by atoms with van der Waals surface area (Å²) in [5.41, 5.74) is 11.4. The Hall–Kier alpha value is -3.03. The van der Waals surface area contributed by atoms with Gasteiger partial charge in [-0.25, -0.2) is 5.43 Å². The molecule has 0 saturated carbocycles. The van der Waals surface area contributed by atoms with Gasteiger partial charge in [-0.2, -0.15) is 5.10 Å². The summed E-state index contributed by atoms with van der Waals surface area (Å²) in [6.07, 6.45) is 0. The summed E-state index contributed by atoms with van der Waals surface area (Å²) in [5, 5.41) is 4.84. The van der Waals surface area contributed by atoms with Crippen LogP contribution in [-0.2, 0) is 0 Å². The Kier molecular flexibility index (Phi) is 4.93. The van der Waals surface area contributed by atoms with Crippen molar-refractivity contribution in [2.45, 2.75) is 6.92 Å². The van der Waals surface area contributed by atoms with Crippen LogP contribution in [0, 0.1) is 0 Å². The highest BCUT2D eigenvalue weighted by Gasteiger charge is 2.16. The van der Waals surface area contributed by atoms with E-state index >= 15 is 0 Å². The number of carbonyl (C=O) groups is 1. The van der Waals surface area contributed by atoms with Crippen LogP contribution in [0.5, 0.6) is 11.5 Å². The number of nitrogens with one attached hydrogen (secondary N) is 1. The molecule has 0 saturated heterocycles. The number of fused-ring (bicyclic) bond motifs is 1. The second-order valence-electron chi connectivity index (χ2n) is 6.11. The minimum atomic E-state index is -0.359. The average molecular weight is 414 g/mol. The van der Waals surface area contributed by atoms with Crippen molar-refractivity contribution in [2.24, 2.45) is 5.10 Å². The van der Waals surface area contributed by atoms with Crippen LogP contribution >= 0.6 is 22.9 Å². The van der Waals surface area contributed by atoms with Crippen molar-refractivity contribution in [3.63, 3.8) is 0 Å². The number of thiophene rings is 1. The molecule has 6 nitrogen and oxygen atoms in total. The first-order chi connectivity index (χ1) is 13.5. The molecule has 1 aromatic heterocycles. The number of carbonyl (C=O) groups excluding carboxylic acids is 1. The molecule has 28 heavy (non-hydrogen) atoms. The topological polar surface area (TPSA) is 85.9 Å². The molecule has 0 bridgehead atoms. The van der Waals surface area contributed by atoms with E-state index in [-0.39, 0.29) is 12.7 Å². The lowest BCUT2D eigenvalue weighted by atomic mass is 10.1. The molecule has 1 aliphatic heterocycles. The van der Waals surface area contributed by atoms with Crippen molar-refractivity contribution >= 4 is 40.2 Å². The second-order valence-corrected chi connectivity index (χ2v) is 7.60. The summed E-state index contributed by atoms with van der Waals surface area (Å²) < 4.78 is 10.7. The number of hydrogen-bond acceptors (Lipinski definition) is 6. The van der Waals surface area contributed by atoms with Gasteiger partial charge in [-0.15, -0.1) is 11.3 Å². The number of nitrogens with two attached hydrogens (primary N) is 1. The SMILES string of the molecule is C/C(=N\NC(=O)c1sc(-c2ccc(Cl)cc2)cc1N)c1ccc2c(c1)OCO2. The van der Waals surface area contributed by atoms with E-state index in [9.17, 15) is 4.79 Å². The molecule has 0 radical (unpaired) electrons. The zero-order chi connectivity index (χ0) is 19.7. The van der Waals surface area contributed by atoms with Crippen LogP contribution in [0.25, 0.3) is 10.4 Å². The molecular weight excluding hydrogens is 398 g/mol.